The molecule has 1 amide bonds. The molecule has 102 valence electrons. The van der Waals surface area contributed by atoms with E-state index in [0.717, 1.165) is 19.4 Å². The Morgan fingerprint density at radius 2 is 1.82 bits per heavy atom. The smallest absolute Gasteiger partial charge is 0.242 e. The molecule has 0 aliphatic heterocycles. The first-order chi connectivity index (χ1) is 7.97. The minimum atomic E-state index is -0.542. The van der Waals surface area contributed by atoms with E-state index in [9.17, 15) is 4.79 Å². The van der Waals surface area contributed by atoms with Crippen LogP contribution in [-0.4, -0.2) is 43.2 Å². The van der Waals surface area contributed by atoms with Gasteiger partial charge in [0, 0.05) is 19.7 Å². The fourth-order valence-electron chi connectivity index (χ4n) is 2.01. The monoisotopic (exact) mass is 244 g/mol. The van der Waals surface area contributed by atoms with Crippen LogP contribution in [0.4, 0.5) is 0 Å². The van der Waals surface area contributed by atoms with Crippen molar-refractivity contribution in [1.29, 1.82) is 0 Å². The van der Waals surface area contributed by atoms with Crippen LogP contribution in [0.1, 0.15) is 40.5 Å². The molecule has 4 nitrogen and oxygen atoms in total. The van der Waals surface area contributed by atoms with E-state index in [1.54, 1.807) is 7.11 Å². The van der Waals surface area contributed by atoms with Crippen LogP contribution in [-0.2, 0) is 9.53 Å². The van der Waals surface area contributed by atoms with E-state index in [-0.39, 0.29) is 18.6 Å². The van der Waals surface area contributed by atoms with Crippen molar-refractivity contribution in [3.63, 3.8) is 0 Å². The van der Waals surface area contributed by atoms with Gasteiger partial charge in [-0.2, -0.15) is 0 Å². The number of amides is 1. The molecule has 0 saturated carbocycles. The molecule has 0 bridgehead atoms. The Labute approximate surface area is 105 Å². The van der Waals surface area contributed by atoms with E-state index >= 15 is 0 Å². The Morgan fingerprint density at radius 1 is 1.29 bits per heavy atom. The molecule has 0 saturated heterocycles. The van der Waals surface area contributed by atoms with Gasteiger partial charge >= 0.3 is 0 Å². The number of ether oxygens (including phenoxy) is 1. The predicted octanol–water partition coefficient (Wildman–Crippen LogP) is 1.63. The van der Waals surface area contributed by atoms with Gasteiger partial charge in [0.15, 0.2) is 0 Å². The Morgan fingerprint density at radius 3 is 2.18 bits per heavy atom. The predicted molar refractivity (Wildman–Crippen MR) is 70.8 cm³/mol. The third-order valence-electron chi connectivity index (χ3n) is 2.89. The summed E-state index contributed by atoms with van der Waals surface area (Å²) < 4.78 is 4.95. The average molecular weight is 244 g/mol. The second-order valence-electron chi connectivity index (χ2n) is 4.92. The molecule has 4 heteroatoms. The normalized spacial score (nSPS) is 13.2. The van der Waals surface area contributed by atoms with Crippen molar-refractivity contribution in [2.45, 2.75) is 52.6 Å². The maximum atomic E-state index is 12.2. The van der Waals surface area contributed by atoms with Crippen molar-refractivity contribution >= 4 is 5.91 Å². The van der Waals surface area contributed by atoms with Gasteiger partial charge < -0.3 is 15.4 Å². The zero-order valence-electron chi connectivity index (χ0n) is 11.9. The number of nitrogens with two attached hydrogens (primary N) is 1. The summed E-state index contributed by atoms with van der Waals surface area (Å²) >= 11 is 0. The van der Waals surface area contributed by atoms with Crippen LogP contribution in [0.15, 0.2) is 0 Å². The highest BCUT2D eigenvalue weighted by Gasteiger charge is 2.26. The molecule has 0 fully saturated rings. The van der Waals surface area contributed by atoms with Gasteiger partial charge in [-0.1, -0.05) is 27.7 Å². The number of methoxy groups -OCH3 is 1. The van der Waals surface area contributed by atoms with Crippen molar-refractivity contribution in [1.82, 2.24) is 4.90 Å². The van der Waals surface area contributed by atoms with Crippen molar-refractivity contribution in [2.75, 3.05) is 20.3 Å². The van der Waals surface area contributed by atoms with Gasteiger partial charge in [0.1, 0.15) is 6.04 Å². The molecule has 0 heterocycles. The number of rotatable bonds is 8. The summed E-state index contributed by atoms with van der Waals surface area (Å²) in [6.45, 7) is 9.50. The summed E-state index contributed by atoms with van der Waals surface area (Å²) in [6, 6.07) is -0.257. The van der Waals surface area contributed by atoms with Crippen LogP contribution >= 0.6 is 0 Å². The molecule has 1 unspecified atom stereocenters. The third kappa shape index (κ3) is 5.50. The highest BCUT2D eigenvalue weighted by molar-refractivity contribution is 5.82. The Bertz CT molecular complexity index is 215. The highest BCUT2D eigenvalue weighted by Crippen LogP contribution is 2.13. The summed E-state index contributed by atoms with van der Waals surface area (Å²) in [6.07, 6.45) is 1.93. The van der Waals surface area contributed by atoms with E-state index in [1.807, 2.05) is 4.90 Å². The van der Waals surface area contributed by atoms with Crippen LogP contribution < -0.4 is 5.73 Å². The lowest BCUT2D eigenvalue weighted by atomic mass is 10.1. The molecule has 17 heavy (non-hydrogen) atoms. The summed E-state index contributed by atoms with van der Waals surface area (Å²) in [5.41, 5.74) is 5.84. The topological polar surface area (TPSA) is 55.6 Å². The number of hydrogen-bond donors (Lipinski definition) is 1. The van der Waals surface area contributed by atoms with Gasteiger partial charge in [-0.15, -0.1) is 0 Å². The second-order valence-corrected chi connectivity index (χ2v) is 4.92. The molecule has 0 aromatic carbocycles. The number of hydrogen-bond acceptors (Lipinski definition) is 3. The standard InChI is InChI=1S/C13H28N2O2/c1-6-11(7-2)15(8-10(3)4)13(16)12(14)9-17-5/h10-12H,6-9,14H2,1-5H3. The fraction of sp³-hybridized carbons (Fsp3) is 0.923. The first-order valence-electron chi connectivity index (χ1n) is 6.52. The molecule has 0 rings (SSSR count). The number of nitrogens with zero attached hydrogens (tertiary/aromatic N) is 1. The molecular weight excluding hydrogens is 216 g/mol. The van der Waals surface area contributed by atoms with Crippen molar-refractivity contribution in [3.05, 3.63) is 0 Å². The van der Waals surface area contributed by atoms with Crippen molar-refractivity contribution in [2.24, 2.45) is 11.7 Å². The molecule has 1 atom stereocenters. The molecule has 0 spiro atoms. The summed E-state index contributed by atoms with van der Waals surface area (Å²) in [5.74, 6) is 0.462. The van der Waals surface area contributed by atoms with Crippen LogP contribution in [0.25, 0.3) is 0 Å². The fourth-order valence-corrected chi connectivity index (χ4v) is 2.01. The highest BCUT2D eigenvalue weighted by atomic mass is 16.5. The largest absolute Gasteiger partial charge is 0.383 e. The molecule has 2 N–H and O–H groups in total. The van der Waals surface area contributed by atoms with Gasteiger partial charge in [-0.3, -0.25) is 4.79 Å². The Hall–Kier alpha value is -0.610. The zero-order valence-corrected chi connectivity index (χ0v) is 11.9. The van der Waals surface area contributed by atoms with Crippen LogP contribution in [0, 0.1) is 5.92 Å². The van der Waals surface area contributed by atoms with Gasteiger partial charge in [-0.25, -0.2) is 0 Å². The van der Waals surface area contributed by atoms with Crippen molar-refractivity contribution in [3.8, 4) is 0 Å². The maximum Gasteiger partial charge on any atom is 0.242 e. The average Bonchev–Trinajstić information content (AvgIpc) is 2.28. The lowest BCUT2D eigenvalue weighted by Crippen LogP contribution is -2.51. The zero-order chi connectivity index (χ0) is 13.4. The number of carbonyl (C=O) groups excluding carboxylic acids is 1. The van der Waals surface area contributed by atoms with Crippen molar-refractivity contribution < 1.29 is 9.53 Å². The van der Waals surface area contributed by atoms with Gasteiger partial charge in [0.2, 0.25) is 5.91 Å². The van der Waals surface area contributed by atoms with E-state index in [4.69, 9.17) is 10.5 Å². The van der Waals surface area contributed by atoms with E-state index in [0.29, 0.717) is 5.92 Å². The minimum absolute atomic E-state index is 0.00856. The van der Waals surface area contributed by atoms with Gasteiger partial charge in [0.05, 0.1) is 6.61 Å². The summed E-state index contributed by atoms with van der Waals surface area (Å²) in [4.78, 5) is 14.2. The lowest BCUT2D eigenvalue weighted by Gasteiger charge is -2.33. The molecule has 0 radical (unpaired) electrons. The second kappa shape index (κ2) is 8.48. The first kappa shape index (κ1) is 16.4. The van der Waals surface area contributed by atoms with Crippen LogP contribution in [0.3, 0.4) is 0 Å². The lowest BCUT2D eigenvalue weighted by molar-refractivity contribution is -0.137. The number of carbonyl (C=O) groups is 1. The Balaban J connectivity index is 4.71. The summed E-state index contributed by atoms with van der Waals surface area (Å²) in [5, 5.41) is 0. The molecule has 0 aromatic heterocycles. The van der Waals surface area contributed by atoms with Crippen LogP contribution in [0.2, 0.25) is 0 Å². The Kier molecular flexibility index (Phi) is 8.17. The molecule has 0 aliphatic rings. The summed E-state index contributed by atoms with van der Waals surface area (Å²) in [7, 11) is 1.57. The maximum absolute atomic E-state index is 12.2. The van der Waals surface area contributed by atoms with E-state index < -0.39 is 6.04 Å². The first-order valence-corrected chi connectivity index (χ1v) is 6.52. The van der Waals surface area contributed by atoms with Gasteiger partial charge in [-0.05, 0) is 18.8 Å². The van der Waals surface area contributed by atoms with E-state index in [1.165, 1.54) is 0 Å². The molecular formula is C13H28N2O2. The molecule has 0 aromatic rings. The van der Waals surface area contributed by atoms with Crippen LogP contribution in [0.5, 0.6) is 0 Å². The SMILES string of the molecule is CCC(CC)N(CC(C)C)C(=O)C(N)COC. The molecule has 0 aliphatic carbocycles. The van der Waals surface area contributed by atoms with Gasteiger partial charge in [0.25, 0.3) is 0 Å². The quantitative estimate of drug-likeness (QED) is 0.706. The van der Waals surface area contributed by atoms with E-state index in [2.05, 4.69) is 27.7 Å². The minimum Gasteiger partial charge on any atom is -0.383 e. The third-order valence-corrected chi connectivity index (χ3v) is 2.89.